The van der Waals surface area contributed by atoms with Gasteiger partial charge in [-0.1, -0.05) is 128 Å². The molecule has 0 radical (unpaired) electrons. The van der Waals surface area contributed by atoms with Crippen LogP contribution < -0.4 is 0 Å². The molecule has 3 nitrogen and oxygen atoms in total. The largest absolute Gasteiger partial charge is 0.333 e. The molecule has 3 rings (SSSR count). The van der Waals surface area contributed by atoms with Gasteiger partial charge in [0.25, 0.3) is 5.91 Å². The van der Waals surface area contributed by atoms with Crippen LogP contribution in [0.5, 0.6) is 0 Å². The van der Waals surface area contributed by atoms with Crippen LogP contribution in [0.3, 0.4) is 0 Å². The summed E-state index contributed by atoms with van der Waals surface area (Å²) in [6.07, 6.45) is 8.76. The third kappa shape index (κ3) is 7.62. The summed E-state index contributed by atoms with van der Waals surface area (Å²) in [5.41, 5.74) is 2.35. The summed E-state index contributed by atoms with van der Waals surface area (Å²) in [5.74, 6) is 0.0750. The maximum absolute atomic E-state index is 15.0. The van der Waals surface area contributed by atoms with Gasteiger partial charge in [0.2, 0.25) is 0 Å². The lowest BCUT2D eigenvalue weighted by Gasteiger charge is -2.39. The molecular formula is C37H51NO2. The number of nitrogens with zero attached hydrogens (tertiary/aromatic N) is 1. The van der Waals surface area contributed by atoms with Crippen LogP contribution in [0.15, 0.2) is 66.7 Å². The van der Waals surface area contributed by atoms with E-state index in [-0.39, 0.29) is 35.6 Å². The van der Waals surface area contributed by atoms with E-state index < -0.39 is 0 Å². The van der Waals surface area contributed by atoms with Gasteiger partial charge in [0.1, 0.15) is 0 Å². The molecule has 0 saturated carbocycles. The first-order valence-corrected chi connectivity index (χ1v) is 15.8. The highest BCUT2D eigenvalue weighted by atomic mass is 16.2. The molecule has 0 aliphatic carbocycles. The third-order valence-electron chi connectivity index (χ3n) is 8.36. The molecule has 0 aliphatic rings. The second-order valence-electron chi connectivity index (χ2n) is 11.8. The Morgan fingerprint density at radius 2 is 1.20 bits per heavy atom. The minimum Gasteiger partial charge on any atom is -0.333 e. The quantitative estimate of drug-likeness (QED) is 0.169. The highest BCUT2D eigenvalue weighted by Gasteiger charge is 2.35. The Morgan fingerprint density at radius 1 is 0.675 bits per heavy atom. The van der Waals surface area contributed by atoms with Crippen molar-refractivity contribution in [3.05, 3.63) is 83.4 Å². The van der Waals surface area contributed by atoms with Gasteiger partial charge in [-0.3, -0.25) is 9.59 Å². The van der Waals surface area contributed by atoms with Crippen molar-refractivity contribution >= 4 is 22.5 Å². The number of carbonyl (C=O) groups excluding carboxylic acids is 2. The van der Waals surface area contributed by atoms with E-state index in [1.54, 1.807) is 0 Å². The first-order valence-electron chi connectivity index (χ1n) is 15.8. The zero-order chi connectivity index (χ0) is 29.1. The van der Waals surface area contributed by atoms with Crippen LogP contribution in [-0.4, -0.2) is 28.7 Å². The van der Waals surface area contributed by atoms with Gasteiger partial charge in [0.15, 0.2) is 5.78 Å². The second-order valence-corrected chi connectivity index (χ2v) is 11.8. The van der Waals surface area contributed by atoms with Crippen molar-refractivity contribution in [2.24, 2.45) is 11.8 Å². The normalized spacial score (nSPS) is 12.4. The van der Waals surface area contributed by atoms with Crippen molar-refractivity contribution in [3.63, 3.8) is 0 Å². The topological polar surface area (TPSA) is 37.4 Å². The van der Waals surface area contributed by atoms with Crippen molar-refractivity contribution in [2.75, 3.05) is 0 Å². The molecule has 3 heteroatoms. The molecular weight excluding hydrogens is 490 g/mol. The molecule has 0 heterocycles. The molecule has 0 spiro atoms. The molecule has 0 fully saturated rings. The molecule has 40 heavy (non-hydrogen) atoms. The van der Waals surface area contributed by atoms with Crippen LogP contribution >= 0.6 is 0 Å². The van der Waals surface area contributed by atoms with Crippen molar-refractivity contribution in [1.29, 1.82) is 0 Å². The smallest absolute Gasteiger partial charge is 0.255 e. The van der Waals surface area contributed by atoms with Gasteiger partial charge in [0, 0.05) is 23.6 Å². The van der Waals surface area contributed by atoms with Crippen molar-refractivity contribution < 1.29 is 9.59 Å². The number of fused-ring (bicyclic) bond motifs is 1. The lowest BCUT2D eigenvalue weighted by atomic mass is 9.81. The zero-order valence-electron chi connectivity index (χ0n) is 25.8. The SMILES string of the molecule is CCCC(CCC)N(C(=O)c1c(C(=O)[C@@H](Cc2ccccc2)C(C)C)ccc2ccccc12)C(CCC)CCC. The molecule has 1 atom stereocenters. The van der Waals surface area contributed by atoms with Crippen LogP contribution in [0.4, 0.5) is 0 Å². The van der Waals surface area contributed by atoms with Gasteiger partial charge in [0.05, 0.1) is 5.56 Å². The molecule has 1 amide bonds. The predicted octanol–water partition coefficient (Wildman–Crippen LogP) is 9.92. The third-order valence-corrected chi connectivity index (χ3v) is 8.36. The predicted molar refractivity (Wildman–Crippen MR) is 170 cm³/mol. The average Bonchev–Trinajstić information content (AvgIpc) is 2.96. The van der Waals surface area contributed by atoms with Crippen LogP contribution in [0.2, 0.25) is 0 Å². The van der Waals surface area contributed by atoms with E-state index >= 15 is 0 Å². The Kier molecular flexibility index (Phi) is 12.4. The second kappa shape index (κ2) is 15.7. The number of hydrogen-bond donors (Lipinski definition) is 0. The van der Waals surface area contributed by atoms with E-state index in [4.69, 9.17) is 0 Å². The summed E-state index contributed by atoms with van der Waals surface area (Å²) >= 11 is 0. The van der Waals surface area contributed by atoms with Crippen LogP contribution in [0.25, 0.3) is 10.8 Å². The Balaban J connectivity index is 2.21. The van der Waals surface area contributed by atoms with Gasteiger partial charge in [-0.2, -0.15) is 0 Å². The van der Waals surface area contributed by atoms with Crippen molar-refractivity contribution in [1.82, 2.24) is 4.90 Å². The van der Waals surface area contributed by atoms with E-state index in [9.17, 15) is 9.59 Å². The fourth-order valence-corrected chi connectivity index (χ4v) is 6.34. The first kappa shape index (κ1) is 31.6. The fourth-order valence-electron chi connectivity index (χ4n) is 6.34. The van der Waals surface area contributed by atoms with E-state index in [1.807, 2.05) is 48.5 Å². The van der Waals surface area contributed by atoms with Crippen LogP contribution in [0.1, 0.15) is 119 Å². The Hall–Kier alpha value is -2.94. The number of carbonyl (C=O) groups is 2. The van der Waals surface area contributed by atoms with E-state index in [0.717, 1.165) is 67.7 Å². The molecule has 3 aromatic carbocycles. The number of ketones is 1. The van der Waals surface area contributed by atoms with Crippen LogP contribution in [0, 0.1) is 11.8 Å². The Bertz CT molecular complexity index is 1190. The van der Waals surface area contributed by atoms with Crippen LogP contribution in [-0.2, 0) is 6.42 Å². The lowest BCUT2D eigenvalue weighted by molar-refractivity contribution is 0.0508. The van der Waals surface area contributed by atoms with Crippen molar-refractivity contribution in [2.45, 2.75) is 111 Å². The van der Waals surface area contributed by atoms with E-state index in [1.165, 1.54) is 0 Å². The lowest BCUT2D eigenvalue weighted by Crippen LogP contribution is -2.48. The average molecular weight is 542 g/mol. The van der Waals surface area contributed by atoms with E-state index in [2.05, 4.69) is 64.6 Å². The molecule has 3 aromatic rings. The van der Waals surface area contributed by atoms with Gasteiger partial charge >= 0.3 is 0 Å². The molecule has 0 unspecified atom stereocenters. The van der Waals surface area contributed by atoms with Gasteiger partial charge in [-0.25, -0.2) is 0 Å². The summed E-state index contributed by atoms with van der Waals surface area (Å²) in [6, 6.07) is 22.7. The molecule has 0 N–H and O–H groups in total. The number of amides is 1. The maximum Gasteiger partial charge on any atom is 0.255 e. The monoisotopic (exact) mass is 541 g/mol. The number of Topliss-reactive ketones (excluding diaryl/α,β-unsaturated/α-hetero) is 1. The fraction of sp³-hybridized carbons (Fsp3) is 0.514. The minimum absolute atomic E-state index is 0.0427. The maximum atomic E-state index is 15.0. The minimum atomic E-state index is -0.201. The Labute approximate surface area is 243 Å². The number of rotatable bonds is 16. The summed E-state index contributed by atoms with van der Waals surface area (Å²) in [4.78, 5) is 31.7. The molecule has 0 aromatic heterocycles. The van der Waals surface area contributed by atoms with Crippen molar-refractivity contribution in [3.8, 4) is 0 Å². The summed E-state index contributed by atoms with van der Waals surface area (Å²) in [7, 11) is 0. The standard InChI is InChI=1S/C37H51NO2/c1-7-16-30(17-8-2)38(31(18-9-3)19-10-4)37(40)35-32-23-15-14-22-29(32)24-25-33(35)36(39)34(27(5)6)26-28-20-12-11-13-21-28/h11-15,20-25,27,30-31,34H,7-10,16-19,26H2,1-6H3/t34-/m0/s1. The highest BCUT2D eigenvalue weighted by Crippen LogP contribution is 2.32. The molecule has 0 bridgehead atoms. The summed E-state index contributed by atoms with van der Waals surface area (Å²) in [5, 5.41) is 1.90. The zero-order valence-corrected chi connectivity index (χ0v) is 25.8. The summed E-state index contributed by atoms with van der Waals surface area (Å²) in [6.45, 7) is 13.1. The first-order chi connectivity index (χ1) is 19.4. The molecule has 0 aliphatic heterocycles. The van der Waals surface area contributed by atoms with Gasteiger partial charge < -0.3 is 4.90 Å². The Morgan fingerprint density at radius 3 is 1.73 bits per heavy atom. The molecule has 216 valence electrons. The molecule has 0 saturated heterocycles. The number of benzene rings is 3. The van der Waals surface area contributed by atoms with Gasteiger partial charge in [-0.15, -0.1) is 0 Å². The summed E-state index contributed by atoms with van der Waals surface area (Å²) < 4.78 is 0. The van der Waals surface area contributed by atoms with Gasteiger partial charge in [-0.05, 0) is 60.4 Å². The highest BCUT2D eigenvalue weighted by molar-refractivity contribution is 6.16. The van der Waals surface area contributed by atoms with E-state index in [0.29, 0.717) is 17.5 Å². The number of hydrogen-bond acceptors (Lipinski definition) is 2.